The predicted octanol–water partition coefficient (Wildman–Crippen LogP) is 1.35. The zero-order valence-corrected chi connectivity index (χ0v) is 11.8. The summed E-state index contributed by atoms with van der Waals surface area (Å²) >= 11 is 0. The topological polar surface area (TPSA) is 62.3 Å². The Morgan fingerprint density at radius 3 is 2.70 bits per heavy atom. The molecule has 1 aliphatic rings. The van der Waals surface area contributed by atoms with E-state index in [1.54, 1.807) is 24.3 Å². The number of carbonyl (C=O) groups is 2. The van der Waals surface area contributed by atoms with Crippen LogP contribution in [0.2, 0.25) is 0 Å². The van der Waals surface area contributed by atoms with Crippen LogP contribution in [-0.2, 0) is 16.1 Å². The molecule has 0 atom stereocenters. The van der Waals surface area contributed by atoms with Crippen LogP contribution in [0.5, 0.6) is 0 Å². The molecule has 20 heavy (non-hydrogen) atoms. The molecular weight excluding hydrogens is 254 g/mol. The van der Waals surface area contributed by atoms with Gasteiger partial charge in [0.05, 0.1) is 0 Å². The molecule has 2 rings (SSSR count). The highest BCUT2D eigenvalue weighted by atomic mass is 16.2. The summed E-state index contributed by atoms with van der Waals surface area (Å²) in [6.45, 7) is 1.18. The Bertz CT molecular complexity index is 457. The minimum atomic E-state index is 0.0995. The summed E-state index contributed by atoms with van der Waals surface area (Å²) in [7, 11) is 1.80. The standard InChI is InChI=1S/C15H21N3O2/c1-18(11-12-6-9-16-10-7-12)14(19)3-2-8-17-15(20)13-4-5-13/h6-7,9-10,13H,2-5,8,11H2,1H3,(H,17,20). The maximum atomic E-state index is 11.9. The lowest BCUT2D eigenvalue weighted by Gasteiger charge is -2.17. The second kappa shape index (κ2) is 7.03. The molecule has 1 N–H and O–H groups in total. The fourth-order valence-electron chi connectivity index (χ4n) is 1.98. The average Bonchev–Trinajstić information content (AvgIpc) is 3.28. The van der Waals surface area contributed by atoms with Gasteiger partial charge in [0.2, 0.25) is 11.8 Å². The molecule has 0 radical (unpaired) electrons. The minimum absolute atomic E-state index is 0.0995. The average molecular weight is 275 g/mol. The van der Waals surface area contributed by atoms with Crippen molar-refractivity contribution in [2.45, 2.75) is 32.2 Å². The molecule has 5 nitrogen and oxygen atoms in total. The number of aromatic nitrogens is 1. The predicted molar refractivity (Wildman–Crippen MR) is 75.7 cm³/mol. The van der Waals surface area contributed by atoms with Gasteiger partial charge in [0, 0.05) is 44.9 Å². The normalized spacial score (nSPS) is 13.8. The van der Waals surface area contributed by atoms with E-state index >= 15 is 0 Å². The SMILES string of the molecule is CN(Cc1ccncc1)C(=O)CCCNC(=O)C1CC1. The third-order valence-electron chi connectivity index (χ3n) is 3.41. The fourth-order valence-corrected chi connectivity index (χ4v) is 1.98. The zero-order chi connectivity index (χ0) is 14.4. The highest BCUT2D eigenvalue weighted by Crippen LogP contribution is 2.28. The van der Waals surface area contributed by atoms with E-state index in [-0.39, 0.29) is 17.7 Å². The lowest BCUT2D eigenvalue weighted by atomic mass is 10.2. The monoisotopic (exact) mass is 275 g/mol. The van der Waals surface area contributed by atoms with Gasteiger partial charge in [-0.1, -0.05) is 0 Å². The molecule has 1 aromatic heterocycles. The fraction of sp³-hybridized carbons (Fsp3) is 0.533. The number of hydrogen-bond acceptors (Lipinski definition) is 3. The molecule has 1 fully saturated rings. The molecule has 0 unspecified atom stereocenters. The summed E-state index contributed by atoms with van der Waals surface area (Å²) in [6.07, 6.45) is 6.63. The molecule has 0 saturated heterocycles. The Hall–Kier alpha value is -1.91. The van der Waals surface area contributed by atoms with E-state index in [9.17, 15) is 9.59 Å². The van der Waals surface area contributed by atoms with E-state index in [1.165, 1.54) is 0 Å². The van der Waals surface area contributed by atoms with Crippen molar-refractivity contribution in [3.05, 3.63) is 30.1 Å². The van der Waals surface area contributed by atoms with Crippen LogP contribution in [0.25, 0.3) is 0 Å². The Morgan fingerprint density at radius 2 is 2.05 bits per heavy atom. The van der Waals surface area contributed by atoms with Crippen molar-refractivity contribution >= 4 is 11.8 Å². The molecule has 1 aliphatic carbocycles. The van der Waals surface area contributed by atoms with Crippen LogP contribution in [0, 0.1) is 5.92 Å². The molecular formula is C15H21N3O2. The highest BCUT2D eigenvalue weighted by Gasteiger charge is 2.28. The van der Waals surface area contributed by atoms with Crippen molar-refractivity contribution in [1.29, 1.82) is 0 Å². The Labute approximate surface area is 119 Å². The van der Waals surface area contributed by atoms with Gasteiger partial charge >= 0.3 is 0 Å². The number of nitrogens with one attached hydrogen (secondary N) is 1. The third kappa shape index (κ3) is 4.64. The van der Waals surface area contributed by atoms with Crippen molar-refractivity contribution < 1.29 is 9.59 Å². The molecule has 0 bridgehead atoms. The van der Waals surface area contributed by atoms with E-state index in [2.05, 4.69) is 10.3 Å². The number of hydrogen-bond donors (Lipinski definition) is 1. The van der Waals surface area contributed by atoms with Gasteiger partial charge in [0.25, 0.3) is 0 Å². The largest absolute Gasteiger partial charge is 0.356 e. The van der Waals surface area contributed by atoms with E-state index in [1.807, 2.05) is 12.1 Å². The number of carbonyl (C=O) groups excluding carboxylic acids is 2. The van der Waals surface area contributed by atoms with Gasteiger partial charge in [-0.3, -0.25) is 14.6 Å². The minimum Gasteiger partial charge on any atom is -0.356 e. The first-order valence-corrected chi connectivity index (χ1v) is 7.07. The van der Waals surface area contributed by atoms with Crippen LogP contribution >= 0.6 is 0 Å². The van der Waals surface area contributed by atoms with Crippen molar-refractivity contribution in [1.82, 2.24) is 15.2 Å². The van der Waals surface area contributed by atoms with Crippen LogP contribution in [-0.4, -0.2) is 35.3 Å². The Morgan fingerprint density at radius 1 is 1.35 bits per heavy atom. The lowest BCUT2D eigenvalue weighted by Crippen LogP contribution is -2.29. The summed E-state index contributed by atoms with van der Waals surface area (Å²) < 4.78 is 0. The van der Waals surface area contributed by atoms with E-state index in [4.69, 9.17) is 0 Å². The van der Waals surface area contributed by atoms with E-state index in [0.29, 0.717) is 25.9 Å². The lowest BCUT2D eigenvalue weighted by molar-refractivity contribution is -0.130. The van der Waals surface area contributed by atoms with Crippen molar-refractivity contribution in [2.75, 3.05) is 13.6 Å². The summed E-state index contributed by atoms with van der Waals surface area (Å²) in [5.74, 6) is 0.477. The Balaban J connectivity index is 1.62. The van der Waals surface area contributed by atoms with Gasteiger partial charge in [0.1, 0.15) is 0 Å². The van der Waals surface area contributed by atoms with E-state index in [0.717, 1.165) is 18.4 Å². The molecule has 1 saturated carbocycles. The smallest absolute Gasteiger partial charge is 0.223 e. The second-order valence-electron chi connectivity index (χ2n) is 5.27. The molecule has 0 aliphatic heterocycles. The quantitative estimate of drug-likeness (QED) is 0.764. The number of amides is 2. The number of rotatable bonds is 7. The molecule has 0 spiro atoms. The number of pyridine rings is 1. The van der Waals surface area contributed by atoms with Crippen LogP contribution in [0.3, 0.4) is 0 Å². The second-order valence-corrected chi connectivity index (χ2v) is 5.27. The maximum Gasteiger partial charge on any atom is 0.223 e. The van der Waals surface area contributed by atoms with Crippen LogP contribution in [0.1, 0.15) is 31.2 Å². The highest BCUT2D eigenvalue weighted by molar-refractivity contribution is 5.81. The molecule has 2 amide bonds. The van der Waals surface area contributed by atoms with Gasteiger partial charge in [-0.2, -0.15) is 0 Å². The zero-order valence-electron chi connectivity index (χ0n) is 11.8. The van der Waals surface area contributed by atoms with Gasteiger partial charge < -0.3 is 10.2 Å². The maximum absolute atomic E-state index is 11.9. The van der Waals surface area contributed by atoms with Gasteiger partial charge in [-0.25, -0.2) is 0 Å². The first-order chi connectivity index (χ1) is 9.66. The van der Waals surface area contributed by atoms with Crippen molar-refractivity contribution in [3.63, 3.8) is 0 Å². The summed E-state index contributed by atoms with van der Waals surface area (Å²) in [5.41, 5.74) is 1.07. The van der Waals surface area contributed by atoms with Gasteiger partial charge in [-0.05, 0) is 37.0 Å². The van der Waals surface area contributed by atoms with Crippen LogP contribution in [0.15, 0.2) is 24.5 Å². The molecule has 5 heteroatoms. The number of nitrogens with zero attached hydrogens (tertiary/aromatic N) is 2. The van der Waals surface area contributed by atoms with Crippen molar-refractivity contribution in [2.24, 2.45) is 5.92 Å². The first kappa shape index (κ1) is 14.5. The van der Waals surface area contributed by atoms with Crippen LogP contribution < -0.4 is 5.32 Å². The van der Waals surface area contributed by atoms with Crippen molar-refractivity contribution in [3.8, 4) is 0 Å². The molecule has 1 aromatic rings. The molecule has 1 heterocycles. The molecule has 0 aromatic carbocycles. The summed E-state index contributed by atoms with van der Waals surface area (Å²) in [6, 6.07) is 3.80. The Kier molecular flexibility index (Phi) is 5.09. The van der Waals surface area contributed by atoms with Gasteiger partial charge in [-0.15, -0.1) is 0 Å². The van der Waals surface area contributed by atoms with E-state index < -0.39 is 0 Å². The molecule has 108 valence electrons. The summed E-state index contributed by atoms with van der Waals surface area (Å²) in [4.78, 5) is 29.0. The third-order valence-corrected chi connectivity index (χ3v) is 3.41. The summed E-state index contributed by atoms with van der Waals surface area (Å²) in [5, 5.41) is 2.87. The van der Waals surface area contributed by atoms with Crippen LogP contribution in [0.4, 0.5) is 0 Å². The first-order valence-electron chi connectivity index (χ1n) is 7.07. The van der Waals surface area contributed by atoms with Gasteiger partial charge in [0.15, 0.2) is 0 Å².